The average Bonchev–Trinajstić information content (AvgIpc) is 4.23. The molecule has 10 N–H and O–H groups in total. The van der Waals surface area contributed by atoms with Crippen molar-refractivity contribution in [3.05, 3.63) is 76.3 Å². The summed E-state index contributed by atoms with van der Waals surface area (Å²) in [6, 6.07) is 9.47. The molecule has 22 nitrogen and oxygen atoms in total. The second kappa shape index (κ2) is 28.9. The number of carbonyl (C=O) groups is 7. The van der Waals surface area contributed by atoms with Crippen LogP contribution in [-0.4, -0.2) is 151 Å². The number of carbonyl (C=O) groups excluding carboxylic acids is 7. The summed E-state index contributed by atoms with van der Waals surface area (Å²) in [7, 11) is 2.70. The SMILES string of the molecule is COc1ccc(C[C@H]2NC(=O)/C=C\C[C@@H]([C@H](C)[C@H]3O[C@@H]3c3ccc(CNC(=O)[C@H](CCCCNC(=O)[C@H]4O[C@@H](OC)[C@H](O)[C@@H](O)[C@@H]4O)NC(=O)[C@@H](N)C(C)C)cc3)OC(=O)[C@H](CC(C)C)OC(=O)C(C)(C)CNC2=O)cc1Cl. The van der Waals surface area contributed by atoms with Gasteiger partial charge < -0.3 is 76.1 Å². The van der Waals surface area contributed by atoms with E-state index < -0.39 is 126 Å². The fourth-order valence-corrected chi connectivity index (χ4v) is 9.12. The molecule has 0 aromatic heterocycles. The number of halogens is 1. The maximum absolute atomic E-state index is 14.0. The third kappa shape index (κ3) is 17.6. The van der Waals surface area contributed by atoms with Crippen LogP contribution in [0.5, 0.6) is 5.75 Å². The van der Waals surface area contributed by atoms with Gasteiger partial charge in [0.25, 0.3) is 5.91 Å². The average molecular weight is 1120 g/mol. The fourth-order valence-electron chi connectivity index (χ4n) is 8.84. The summed E-state index contributed by atoms with van der Waals surface area (Å²) in [5.41, 5.74) is 7.01. The molecule has 3 aliphatic rings. The number of rotatable bonds is 21. The van der Waals surface area contributed by atoms with Crippen molar-refractivity contribution in [2.24, 2.45) is 28.9 Å². The van der Waals surface area contributed by atoms with Crippen molar-refractivity contribution in [2.45, 2.75) is 167 Å². The first-order valence-corrected chi connectivity index (χ1v) is 26.8. The van der Waals surface area contributed by atoms with Gasteiger partial charge in [0.2, 0.25) is 23.6 Å². The van der Waals surface area contributed by atoms with E-state index in [9.17, 15) is 48.9 Å². The summed E-state index contributed by atoms with van der Waals surface area (Å²) in [6.07, 6.45) is -6.63. The molecule has 0 bridgehead atoms. The van der Waals surface area contributed by atoms with Crippen LogP contribution in [-0.2, 0) is 70.2 Å². The quantitative estimate of drug-likeness (QED) is 0.0490. The number of methoxy groups -OCH3 is 2. The molecule has 5 amide bonds. The minimum atomic E-state index is -1.70. The Hall–Kier alpha value is -5.72. The smallest absolute Gasteiger partial charge is 0.347 e. The van der Waals surface area contributed by atoms with Gasteiger partial charge in [0.1, 0.15) is 48.4 Å². The highest BCUT2D eigenvalue weighted by molar-refractivity contribution is 6.32. The van der Waals surface area contributed by atoms with E-state index in [1.165, 1.54) is 20.3 Å². The van der Waals surface area contributed by atoms with Crippen LogP contribution in [0.25, 0.3) is 0 Å². The van der Waals surface area contributed by atoms with Gasteiger partial charge in [-0.3, -0.25) is 28.8 Å². The molecule has 0 aliphatic carbocycles. The van der Waals surface area contributed by atoms with Crippen LogP contribution in [0.3, 0.4) is 0 Å². The number of hydrogen-bond donors (Lipinski definition) is 9. The van der Waals surface area contributed by atoms with Crippen molar-refractivity contribution >= 4 is 53.1 Å². The summed E-state index contributed by atoms with van der Waals surface area (Å²) < 4.78 is 33.8. The monoisotopic (exact) mass is 1110 g/mol. The van der Waals surface area contributed by atoms with E-state index in [4.69, 9.17) is 45.8 Å². The highest BCUT2D eigenvalue weighted by Crippen LogP contribution is 2.45. The summed E-state index contributed by atoms with van der Waals surface area (Å²) in [5.74, 6) is -4.58. The van der Waals surface area contributed by atoms with E-state index in [1.54, 1.807) is 52.0 Å². The third-order valence-corrected chi connectivity index (χ3v) is 14.3. The van der Waals surface area contributed by atoms with Crippen molar-refractivity contribution in [2.75, 3.05) is 27.3 Å². The van der Waals surface area contributed by atoms with Crippen molar-refractivity contribution in [3.63, 3.8) is 0 Å². The largest absolute Gasteiger partial charge is 0.495 e. The van der Waals surface area contributed by atoms with Crippen LogP contribution >= 0.6 is 11.6 Å². The maximum atomic E-state index is 14.0. The number of aliphatic hydroxyl groups excluding tert-OH is 3. The number of cyclic esters (lactones) is 2. The molecule has 3 aliphatic heterocycles. The summed E-state index contributed by atoms with van der Waals surface area (Å²) in [5, 5.41) is 44.6. The van der Waals surface area contributed by atoms with E-state index in [1.807, 2.05) is 45.0 Å². The summed E-state index contributed by atoms with van der Waals surface area (Å²) >= 11 is 6.38. The zero-order chi connectivity index (χ0) is 57.6. The first-order valence-electron chi connectivity index (χ1n) is 26.4. The Morgan fingerprint density at radius 3 is 2.22 bits per heavy atom. The fraction of sp³-hybridized carbons (Fsp3) is 0.618. The van der Waals surface area contributed by atoms with E-state index in [0.29, 0.717) is 29.2 Å². The molecule has 432 valence electrons. The molecule has 78 heavy (non-hydrogen) atoms. The number of aliphatic hydroxyl groups is 3. The van der Waals surface area contributed by atoms with Gasteiger partial charge in [0.05, 0.1) is 29.7 Å². The van der Waals surface area contributed by atoms with Gasteiger partial charge in [0, 0.05) is 45.5 Å². The van der Waals surface area contributed by atoms with Crippen LogP contribution < -0.4 is 37.1 Å². The minimum Gasteiger partial charge on any atom is -0.495 e. The Balaban J connectivity index is 1.23. The Labute approximate surface area is 460 Å². The second-order valence-electron chi connectivity index (χ2n) is 21.6. The van der Waals surface area contributed by atoms with Crippen LogP contribution in [0.2, 0.25) is 5.02 Å². The molecule has 2 aromatic carbocycles. The highest BCUT2D eigenvalue weighted by atomic mass is 35.5. The van der Waals surface area contributed by atoms with Crippen LogP contribution in [0, 0.1) is 23.2 Å². The number of amides is 5. The Kier molecular flexibility index (Phi) is 23.4. The van der Waals surface area contributed by atoms with Crippen LogP contribution in [0.4, 0.5) is 0 Å². The van der Waals surface area contributed by atoms with E-state index >= 15 is 0 Å². The number of epoxide rings is 1. The molecule has 23 heteroatoms. The van der Waals surface area contributed by atoms with E-state index in [2.05, 4.69) is 26.6 Å². The van der Waals surface area contributed by atoms with Crippen molar-refractivity contribution in [1.29, 1.82) is 0 Å². The normalized spacial score (nSPS) is 27.5. The van der Waals surface area contributed by atoms with Gasteiger partial charge in [-0.2, -0.15) is 0 Å². The zero-order valence-electron chi connectivity index (χ0n) is 45.8. The number of esters is 2. The van der Waals surface area contributed by atoms with Crippen LogP contribution in [0.1, 0.15) is 103 Å². The predicted octanol–water partition coefficient (Wildman–Crippen LogP) is 1.95. The van der Waals surface area contributed by atoms with E-state index in [-0.39, 0.29) is 57.2 Å². The number of nitrogens with two attached hydrogens (primary N) is 1. The Morgan fingerprint density at radius 2 is 1.58 bits per heavy atom. The molecule has 2 fully saturated rings. The lowest BCUT2D eigenvalue weighted by Gasteiger charge is -2.38. The first-order chi connectivity index (χ1) is 36.8. The molecule has 2 aromatic rings. The number of hydrogen-bond acceptors (Lipinski definition) is 17. The molecule has 13 atom stereocenters. The Bertz CT molecular complexity index is 2420. The van der Waals surface area contributed by atoms with Gasteiger partial charge >= 0.3 is 11.9 Å². The summed E-state index contributed by atoms with van der Waals surface area (Å²) in [4.78, 5) is 94.3. The van der Waals surface area contributed by atoms with E-state index in [0.717, 1.165) is 11.1 Å². The predicted molar refractivity (Wildman–Crippen MR) is 284 cm³/mol. The molecule has 0 saturated carbocycles. The Morgan fingerprint density at radius 1 is 0.885 bits per heavy atom. The first kappa shape index (κ1) is 63.1. The van der Waals surface area contributed by atoms with Gasteiger partial charge in [0.15, 0.2) is 18.5 Å². The standard InChI is InChI=1S/C55H79ClN6O16/c1-28(2)23-39-52(71)75-37(14-12-15-40(63)61-36(25-32-18-21-38(73-8)34(56)24-32)49(68)60-27-55(6,7)54(72)76-39)30(5)45-46(77-45)33-19-16-31(17-20-33)26-59-48(67)35(62-50(69)41(57)29(3)4)13-10-11-22-58-51(70)47-43(65)42(64)44(66)53(74-9)78-47/h12,15-21,24,28-30,35-37,39,41-47,53,64-66H,10-11,13-14,22-23,25-27,57H2,1-9H3,(H,58,70)(H,59,67)(H,60,68)(H,61,63)(H,62,69)/b15-12-/t30-,35-,36+,37-,39-,41-,42-,43-,44+,45+,46+,47-,53+/m0/s1. The number of ether oxygens (including phenoxy) is 6. The van der Waals surface area contributed by atoms with Crippen molar-refractivity contribution < 1.29 is 77.3 Å². The molecule has 0 spiro atoms. The molecule has 0 radical (unpaired) electrons. The molecule has 2 saturated heterocycles. The molecule has 0 unspecified atom stereocenters. The topological polar surface area (TPSA) is 325 Å². The lowest BCUT2D eigenvalue weighted by molar-refractivity contribution is -0.283. The molecular formula is C55H79ClN6O16. The van der Waals surface area contributed by atoms with Crippen molar-refractivity contribution in [3.8, 4) is 5.75 Å². The van der Waals surface area contributed by atoms with Gasteiger partial charge in [-0.25, -0.2) is 4.79 Å². The lowest BCUT2D eigenvalue weighted by atomic mass is 9.92. The number of unbranched alkanes of at least 4 members (excludes halogenated alkanes) is 1. The van der Waals surface area contributed by atoms with Gasteiger partial charge in [-0.1, -0.05) is 82.6 Å². The number of benzene rings is 2. The minimum absolute atomic E-state index is 0.0645. The molecule has 3 heterocycles. The molecular weight excluding hydrogens is 1040 g/mol. The second-order valence-corrected chi connectivity index (χ2v) is 22.0. The lowest BCUT2D eigenvalue weighted by Crippen LogP contribution is -2.61. The van der Waals surface area contributed by atoms with Gasteiger partial charge in [-0.15, -0.1) is 0 Å². The zero-order valence-corrected chi connectivity index (χ0v) is 46.6. The van der Waals surface area contributed by atoms with Crippen LogP contribution in [0.15, 0.2) is 54.6 Å². The number of nitrogens with one attached hydrogen (secondary N) is 5. The summed E-state index contributed by atoms with van der Waals surface area (Å²) in [6.45, 7) is 12.4. The third-order valence-electron chi connectivity index (χ3n) is 14.0. The van der Waals surface area contributed by atoms with Gasteiger partial charge in [-0.05, 0) is 86.3 Å². The highest BCUT2D eigenvalue weighted by Gasteiger charge is 2.49. The van der Waals surface area contributed by atoms with Crippen molar-refractivity contribution in [1.82, 2.24) is 26.6 Å². The molecule has 5 rings (SSSR count). The maximum Gasteiger partial charge on any atom is 0.347 e.